The number of fused-ring (bicyclic) bond motifs is 1. The van der Waals surface area contributed by atoms with Crippen LogP contribution in [0.2, 0.25) is 0 Å². The summed E-state index contributed by atoms with van der Waals surface area (Å²) < 4.78 is 27.1. The second kappa shape index (κ2) is 5.75. The summed E-state index contributed by atoms with van der Waals surface area (Å²) in [6.45, 7) is 2.49. The zero-order valence-electron chi connectivity index (χ0n) is 12.8. The van der Waals surface area contributed by atoms with Crippen molar-refractivity contribution in [2.24, 2.45) is 0 Å². The summed E-state index contributed by atoms with van der Waals surface area (Å²) in [5.41, 5.74) is 9.01. The van der Waals surface area contributed by atoms with Crippen molar-refractivity contribution < 1.29 is 8.42 Å². The molecule has 3 N–H and O–H groups in total. The second-order valence-corrected chi connectivity index (χ2v) is 7.55. The third-order valence-electron chi connectivity index (χ3n) is 4.08. The molecule has 0 amide bonds. The predicted octanol–water partition coefficient (Wildman–Crippen LogP) is 1.72. The van der Waals surface area contributed by atoms with Gasteiger partial charge in [0.1, 0.15) is 5.82 Å². The van der Waals surface area contributed by atoms with Crippen LogP contribution in [0.5, 0.6) is 0 Å². The maximum atomic E-state index is 12.8. The Morgan fingerprint density at radius 1 is 1.39 bits per heavy atom. The fourth-order valence-electron chi connectivity index (χ4n) is 2.85. The summed E-state index contributed by atoms with van der Waals surface area (Å²) >= 11 is 0. The van der Waals surface area contributed by atoms with E-state index < -0.39 is 10.0 Å². The van der Waals surface area contributed by atoms with Crippen LogP contribution in [0.1, 0.15) is 22.3 Å². The number of anilines is 1. The van der Waals surface area contributed by atoms with Gasteiger partial charge < -0.3 is 11.1 Å². The third kappa shape index (κ3) is 2.73. The molecule has 0 bridgehead atoms. The van der Waals surface area contributed by atoms with Gasteiger partial charge in [-0.3, -0.25) is 0 Å². The van der Waals surface area contributed by atoms with Gasteiger partial charge in [0, 0.05) is 31.1 Å². The van der Waals surface area contributed by atoms with Crippen LogP contribution >= 0.6 is 0 Å². The molecule has 23 heavy (non-hydrogen) atoms. The van der Waals surface area contributed by atoms with Gasteiger partial charge in [-0.2, -0.15) is 4.31 Å². The lowest BCUT2D eigenvalue weighted by Gasteiger charge is -2.29. The van der Waals surface area contributed by atoms with Crippen molar-refractivity contribution in [2.75, 3.05) is 12.3 Å². The van der Waals surface area contributed by atoms with E-state index in [-0.39, 0.29) is 6.54 Å². The van der Waals surface area contributed by atoms with Crippen LogP contribution in [0.3, 0.4) is 0 Å². The van der Waals surface area contributed by atoms with E-state index in [0.29, 0.717) is 29.2 Å². The van der Waals surface area contributed by atoms with E-state index >= 15 is 0 Å². The summed E-state index contributed by atoms with van der Waals surface area (Å²) in [5.74, 6) is 0.314. The standard InChI is InChI=1S/C16H18N4O2S/c1-11-3-2-4-13(7-11)23(21,22)20-6-5-14-12(10-20)9-19-16(18)15(14)8-17/h2-4,7-9,17H,5-6,10H2,1H3,(H2,18,19). The van der Waals surface area contributed by atoms with Crippen LogP contribution in [0.25, 0.3) is 0 Å². The fourth-order valence-corrected chi connectivity index (χ4v) is 4.37. The van der Waals surface area contributed by atoms with Crippen LogP contribution in [-0.2, 0) is 23.0 Å². The van der Waals surface area contributed by atoms with Gasteiger partial charge in [-0.25, -0.2) is 13.4 Å². The molecule has 2 heterocycles. The van der Waals surface area contributed by atoms with E-state index in [1.54, 1.807) is 24.4 Å². The Balaban J connectivity index is 1.98. The SMILES string of the molecule is Cc1cccc(S(=O)(=O)N2CCc3c(cnc(N)c3C=N)C2)c1. The minimum Gasteiger partial charge on any atom is -0.383 e. The molecule has 7 heteroatoms. The maximum absolute atomic E-state index is 12.8. The van der Waals surface area contributed by atoms with Crippen molar-refractivity contribution in [2.45, 2.75) is 24.8 Å². The minimum absolute atomic E-state index is 0.250. The number of nitrogens with two attached hydrogens (primary N) is 1. The molecule has 0 fully saturated rings. The first-order valence-electron chi connectivity index (χ1n) is 7.27. The van der Waals surface area contributed by atoms with Crippen molar-refractivity contribution in [1.82, 2.24) is 9.29 Å². The Morgan fingerprint density at radius 3 is 2.87 bits per heavy atom. The summed E-state index contributed by atoms with van der Waals surface area (Å²) in [6, 6.07) is 6.90. The molecule has 1 aliphatic heterocycles. The molecule has 6 nitrogen and oxygen atoms in total. The molecule has 1 aromatic carbocycles. The highest BCUT2D eigenvalue weighted by atomic mass is 32.2. The molecular formula is C16H18N4O2S. The molecule has 3 rings (SSSR count). The molecule has 0 spiro atoms. The molecular weight excluding hydrogens is 312 g/mol. The first-order valence-corrected chi connectivity index (χ1v) is 8.71. The normalized spacial score (nSPS) is 15.2. The Labute approximate surface area is 135 Å². The van der Waals surface area contributed by atoms with Gasteiger partial charge >= 0.3 is 0 Å². The third-order valence-corrected chi connectivity index (χ3v) is 5.92. The largest absolute Gasteiger partial charge is 0.383 e. The molecule has 2 aromatic rings. The molecule has 0 saturated carbocycles. The van der Waals surface area contributed by atoms with Gasteiger partial charge in [0.25, 0.3) is 0 Å². The average Bonchev–Trinajstić information content (AvgIpc) is 2.54. The number of aromatic nitrogens is 1. The van der Waals surface area contributed by atoms with Crippen LogP contribution in [-0.4, -0.2) is 30.5 Å². The van der Waals surface area contributed by atoms with Gasteiger partial charge in [-0.1, -0.05) is 12.1 Å². The van der Waals surface area contributed by atoms with E-state index in [1.165, 1.54) is 10.5 Å². The highest BCUT2D eigenvalue weighted by Crippen LogP contribution is 2.28. The Hall–Kier alpha value is -2.25. The topological polar surface area (TPSA) is 100 Å². The lowest BCUT2D eigenvalue weighted by molar-refractivity contribution is 0.390. The van der Waals surface area contributed by atoms with Crippen LogP contribution in [0, 0.1) is 12.3 Å². The van der Waals surface area contributed by atoms with Gasteiger partial charge in [-0.05, 0) is 42.2 Å². The summed E-state index contributed by atoms with van der Waals surface area (Å²) in [6.07, 6.45) is 3.32. The van der Waals surface area contributed by atoms with Crippen LogP contribution in [0.4, 0.5) is 5.82 Å². The predicted molar refractivity (Wildman–Crippen MR) is 89.0 cm³/mol. The first kappa shape index (κ1) is 15.6. The number of sulfonamides is 1. The van der Waals surface area contributed by atoms with E-state index in [1.807, 2.05) is 13.0 Å². The molecule has 0 atom stereocenters. The van der Waals surface area contributed by atoms with Crippen molar-refractivity contribution in [1.29, 1.82) is 5.41 Å². The van der Waals surface area contributed by atoms with Crippen molar-refractivity contribution in [3.8, 4) is 0 Å². The molecule has 1 aliphatic rings. The van der Waals surface area contributed by atoms with Crippen molar-refractivity contribution in [3.63, 3.8) is 0 Å². The number of benzene rings is 1. The lowest BCUT2D eigenvalue weighted by atomic mass is 9.98. The maximum Gasteiger partial charge on any atom is 0.243 e. The number of pyridine rings is 1. The number of hydrogen-bond donors (Lipinski definition) is 2. The molecule has 0 radical (unpaired) electrons. The highest BCUT2D eigenvalue weighted by molar-refractivity contribution is 7.89. The Morgan fingerprint density at radius 2 is 2.17 bits per heavy atom. The molecule has 120 valence electrons. The van der Waals surface area contributed by atoms with Gasteiger partial charge in [-0.15, -0.1) is 0 Å². The lowest BCUT2D eigenvalue weighted by Crippen LogP contribution is -2.36. The minimum atomic E-state index is -3.54. The zero-order valence-corrected chi connectivity index (χ0v) is 13.6. The number of aryl methyl sites for hydroxylation is 1. The summed E-state index contributed by atoms with van der Waals surface area (Å²) in [4.78, 5) is 4.37. The number of nitrogens with one attached hydrogen (secondary N) is 1. The Kier molecular flexibility index (Phi) is 3.91. The van der Waals surface area contributed by atoms with E-state index in [4.69, 9.17) is 11.1 Å². The number of rotatable bonds is 3. The van der Waals surface area contributed by atoms with Crippen LogP contribution in [0.15, 0.2) is 35.4 Å². The fraction of sp³-hybridized carbons (Fsp3) is 0.250. The molecule has 1 aromatic heterocycles. The Bertz CT molecular complexity index is 878. The molecule has 0 unspecified atom stereocenters. The van der Waals surface area contributed by atoms with Crippen molar-refractivity contribution in [3.05, 3.63) is 52.7 Å². The number of nitrogen functional groups attached to an aromatic ring is 1. The highest BCUT2D eigenvalue weighted by Gasteiger charge is 2.29. The summed E-state index contributed by atoms with van der Waals surface area (Å²) in [7, 11) is -3.54. The summed E-state index contributed by atoms with van der Waals surface area (Å²) in [5, 5.41) is 7.48. The smallest absolute Gasteiger partial charge is 0.243 e. The van der Waals surface area contributed by atoms with Gasteiger partial charge in [0.05, 0.1) is 4.90 Å². The van der Waals surface area contributed by atoms with Crippen molar-refractivity contribution >= 4 is 22.1 Å². The molecule has 0 aliphatic carbocycles. The number of nitrogens with zero attached hydrogens (tertiary/aromatic N) is 2. The van der Waals surface area contributed by atoms with Gasteiger partial charge in [0.2, 0.25) is 10.0 Å². The molecule has 0 saturated heterocycles. The monoisotopic (exact) mass is 330 g/mol. The van der Waals surface area contributed by atoms with E-state index in [0.717, 1.165) is 16.7 Å². The van der Waals surface area contributed by atoms with Gasteiger partial charge in [0.15, 0.2) is 0 Å². The first-order chi connectivity index (χ1) is 10.9. The quantitative estimate of drug-likeness (QED) is 0.837. The zero-order chi connectivity index (χ0) is 16.6. The number of hydrogen-bond acceptors (Lipinski definition) is 5. The van der Waals surface area contributed by atoms with E-state index in [2.05, 4.69) is 4.98 Å². The van der Waals surface area contributed by atoms with E-state index in [9.17, 15) is 8.42 Å². The average molecular weight is 330 g/mol. The van der Waals surface area contributed by atoms with Crippen LogP contribution < -0.4 is 5.73 Å². The second-order valence-electron chi connectivity index (χ2n) is 5.61.